The molecule has 0 unspecified atom stereocenters. The number of fused-ring (bicyclic) bond motifs is 1. The zero-order valence-corrected chi connectivity index (χ0v) is 17.0. The summed E-state index contributed by atoms with van der Waals surface area (Å²) in [6.45, 7) is 3.97. The maximum absolute atomic E-state index is 13.3. The Kier molecular flexibility index (Phi) is 5.14. The highest BCUT2D eigenvalue weighted by Crippen LogP contribution is 2.39. The number of hydrogen-bond donors (Lipinski definition) is 1. The van der Waals surface area contributed by atoms with Crippen molar-refractivity contribution in [3.05, 3.63) is 86.8 Å². The van der Waals surface area contributed by atoms with E-state index in [9.17, 15) is 9.59 Å². The molecule has 0 fully saturated rings. The van der Waals surface area contributed by atoms with E-state index in [1.807, 2.05) is 56.3 Å². The van der Waals surface area contributed by atoms with Crippen LogP contribution >= 0.6 is 11.3 Å². The van der Waals surface area contributed by atoms with Crippen molar-refractivity contribution < 1.29 is 9.59 Å². The average Bonchev–Trinajstić information content (AvgIpc) is 3.05. The standard InChI is InChI=1S/C24H23NO2S/c1-15-10-12-17(13-11-15)22(26)21-19-8-3-4-9-20(19)28-24(21)25-23(27)18-7-5-6-16(2)14-18/h5-7,10-14H,3-4,8-9H2,1-2H3,(H,25,27). The van der Waals surface area contributed by atoms with E-state index in [1.54, 1.807) is 17.4 Å². The number of aryl methyl sites for hydroxylation is 3. The van der Waals surface area contributed by atoms with Crippen LogP contribution in [0.4, 0.5) is 5.00 Å². The molecular formula is C24H23NO2S. The van der Waals surface area contributed by atoms with Gasteiger partial charge in [-0.3, -0.25) is 9.59 Å². The Hall–Kier alpha value is -2.72. The summed E-state index contributed by atoms with van der Waals surface area (Å²) < 4.78 is 0. The Morgan fingerprint density at radius 1 is 0.893 bits per heavy atom. The first-order chi connectivity index (χ1) is 13.5. The number of benzene rings is 2. The van der Waals surface area contributed by atoms with Gasteiger partial charge in [0.15, 0.2) is 5.78 Å². The van der Waals surface area contributed by atoms with Gasteiger partial charge in [0.25, 0.3) is 5.91 Å². The van der Waals surface area contributed by atoms with Crippen molar-refractivity contribution >= 4 is 28.0 Å². The fourth-order valence-electron chi connectivity index (χ4n) is 3.70. The van der Waals surface area contributed by atoms with Gasteiger partial charge in [0.05, 0.1) is 5.56 Å². The number of rotatable bonds is 4. The molecule has 1 amide bonds. The lowest BCUT2D eigenvalue weighted by molar-refractivity contribution is 0.102. The monoisotopic (exact) mass is 389 g/mol. The molecule has 0 atom stereocenters. The Balaban J connectivity index is 1.73. The van der Waals surface area contributed by atoms with Crippen LogP contribution in [0.5, 0.6) is 0 Å². The molecule has 3 aromatic rings. The molecule has 4 rings (SSSR count). The lowest BCUT2D eigenvalue weighted by Gasteiger charge is -2.13. The molecule has 0 saturated carbocycles. The number of carbonyl (C=O) groups excluding carboxylic acids is 2. The molecule has 4 heteroatoms. The van der Waals surface area contributed by atoms with Gasteiger partial charge in [-0.1, -0.05) is 47.5 Å². The normalized spacial score (nSPS) is 13.1. The summed E-state index contributed by atoms with van der Waals surface area (Å²) in [6.07, 6.45) is 4.10. The molecule has 0 saturated heterocycles. The van der Waals surface area contributed by atoms with E-state index < -0.39 is 0 Å². The Labute approximate surface area is 169 Å². The maximum Gasteiger partial charge on any atom is 0.256 e. The summed E-state index contributed by atoms with van der Waals surface area (Å²) in [5, 5.41) is 3.72. The largest absolute Gasteiger partial charge is 0.313 e. The quantitative estimate of drug-likeness (QED) is 0.580. The number of carbonyl (C=O) groups is 2. The molecule has 1 aromatic heterocycles. The van der Waals surface area contributed by atoms with Crippen LogP contribution in [0.1, 0.15) is 60.7 Å². The molecule has 1 aliphatic rings. The van der Waals surface area contributed by atoms with Crippen LogP contribution in [-0.4, -0.2) is 11.7 Å². The van der Waals surface area contributed by atoms with Crippen LogP contribution < -0.4 is 5.32 Å². The highest BCUT2D eigenvalue weighted by atomic mass is 32.1. The molecular weight excluding hydrogens is 366 g/mol. The van der Waals surface area contributed by atoms with E-state index in [0.717, 1.165) is 42.4 Å². The second-order valence-corrected chi connectivity index (χ2v) is 8.54. The highest BCUT2D eigenvalue weighted by molar-refractivity contribution is 7.17. The van der Waals surface area contributed by atoms with Crippen LogP contribution in [0.3, 0.4) is 0 Å². The topological polar surface area (TPSA) is 46.2 Å². The second kappa shape index (κ2) is 7.72. The molecule has 3 nitrogen and oxygen atoms in total. The molecule has 28 heavy (non-hydrogen) atoms. The van der Waals surface area contributed by atoms with Crippen molar-refractivity contribution in [2.24, 2.45) is 0 Å². The summed E-state index contributed by atoms with van der Waals surface area (Å²) in [5.41, 5.74) is 5.25. The molecule has 1 N–H and O–H groups in total. The Morgan fingerprint density at radius 2 is 1.64 bits per heavy atom. The van der Waals surface area contributed by atoms with E-state index in [4.69, 9.17) is 0 Å². The average molecular weight is 390 g/mol. The van der Waals surface area contributed by atoms with E-state index in [1.165, 1.54) is 4.88 Å². The van der Waals surface area contributed by atoms with Crippen molar-refractivity contribution in [1.82, 2.24) is 0 Å². The summed E-state index contributed by atoms with van der Waals surface area (Å²) in [4.78, 5) is 27.4. The Bertz CT molecular complexity index is 1050. The van der Waals surface area contributed by atoms with Gasteiger partial charge in [-0.2, -0.15) is 0 Å². The van der Waals surface area contributed by atoms with E-state index >= 15 is 0 Å². The van der Waals surface area contributed by atoms with Crippen LogP contribution in [0, 0.1) is 13.8 Å². The van der Waals surface area contributed by atoms with Gasteiger partial charge in [0.2, 0.25) is 0 Å². The number of thiophene rings is 1. The molecule has 0 radical (unpaired) electrons. The van der Waals surface area contributed by atoms with E-state index in [2.05, 4.69) is 5.32 Å². The third kappa shape index (κ3) is 3.65. The number of hydrogen-bond acceptors (Lipinski definition) is 3. The SMILES string of the molecule is Cc1ccc(C(=O)c2c(NC(=O)c3cccc(C)c3)sc3c2CCCC3)cc1. The van der Waals surface area contributed by atoms with Crippen molar-refractivity contribution in [3.8, 4) is 0 Å². The third-order valence-electron chi connectivity index (χ3n) is 5.22. The van der Waals surface area contributed by atoms with Gasteiger partial charge in [-0.05, 0) is 57.2 Å². The fourth-order valence-corrected chi connectivity index (χ4v) is 4.99. The zero-order valence-electron chi connectivity index (χ0n) is 16.2. The van der Waals surface area contributed by atoms with Gasteiger partial charge >= 0.3 is 0 Å². The maximum atomic E-state index is 13.3. The van der Waals surface area contributed by atoms with Gasteiger partial charge in [-0.25, -0.2) is 0 Å². The molecule has 1 heterocycles. The first-order valence-corrected chi connectivity index (χ1v) is 10.5. The van der Waals surface area contributed by atoms with Crippen LogP contribution in [0.2, 0.25) is 0 Å². The highest BCUT2D eigenvalue weighted by Gasteiger charge is 2.27. The fraction of sp³-hybridized carbons (Fsp3) is 0.250. The van der Waals surface area contributed by atoms with E-state index in [-0.39, 0.29) is 11.7 Å². The molecule has 0 spiro atoms. The predicted molar refractivity (Wildman–Crippen MR) is 115 cm³/mol. The number of amides is 1. The van der Waals surface area contributed by atoms with Crippen molar-refractivity contribution in [2.45, 2.75) is 39.5 Å². The van der Waals surface area contributed by atoms with Crippen LogP contribution in [0.15, 0.2) is 48.5 Å². The van der Waals surface area contributed by atoms with Gasteiger partial charge < -0.3 is 5.32 Å². The molecule has 0 aliphatic heterocycles. The summed E-state index contributed by atoms with van der Waals surface area (Å²) in [7, 11) is 0. The summed E-state index contributed by atoms with van der Waals surface area (Å²) in [5.74, 6) is -0.167. The van der Waals surface area contributed by atoms with E-state index in [0.29, 0.717) is 21.7 Å². The van der Waals surface area contributed by atoms with Crippen LogP contribution in [0.25, 0.3) is 0 Å². The molecule has 142 valence electrons. The van der Waals surface area contributed by atoms with Crippen molar-refractivity contribution in [2.75, 3.05) is 5.32 Å². The second-order valence-electron chi connectivity index (χ2n) is 7.43. The number of anilines is 1. The zero-order chi connectivity index (χ0) is 19.7. The predicted octanol–water partition coefficient (Wildman–Crippen LogP) is 5.73. The minimum atomic E-state index is -0.166. The minimum Gasteiger partial charge on any atom is -0.313 e. The molecule has 1 aliphatic carbocycles. The summed E-state index contributed by atoms with van der Waals surface area (Å²) >= 11 is 1.56. The number of ketones is 1. The van der Waals surface area contributed by atoms with Crippen molar-refractivity contribution in [1.29, 1.82) is 0 Å². The number of nitrogens with one attached hydrogen (secondary N) is 1. The summed E-state index contributed by atoms with van der Waals surface area (Å²) in [6, 6.07) is 15.2. The lowest BCUT2D eigenvalue weighted by atomic mass is 9.91. The molecule has 2 aromatic carbocycles. The van der Waals surface area contributed by atoms with Crippen molar-refractivity contribution in [3.63, 3.8) is 0 Å². The third-order valence-corrected chi connectivity index (χ3v) is 6.43. The molecule has 0 bridgehead atoms. The lowest BCUT2D eigenvalue weighted by Crippen LogP contribution is -2.15. The van der Waals surface area contributed by atoms with Gasteiger partial charge in [-0.15, -0.1) is 11.3 Å². The van der Waals surface area contributed by atoms with Crippen LogP contribution in [-0.2, 0) is 12.8 Å². The van der Waals surface area contributed by atoms with Gasteiger partial charge in [0, 0.05) is 16.0 Å². The minimum absolute atomic E-state index is 0.000979. The smallest absolute Gasteiger partial charge is 0.256 e. The van der Waals surface area contributed by atoms with Gasteiger partial charge in [0.1, 0.15) is 5.00 Å². The first kappa shape index (κ1) is 18.6. The Morgan fingerprint density at radius 3 is 2.39 bits per heavy atom. The first-order valence-electron chi connectivity index (χ1n) is 9.67.